The molecule has 26 heavy (non-hydrogen) atoms. The fourth-order valence-corrected chi connectivity index (χ4v) is 3.77. The standard InChI is InChI=1S/C19H23N5O2/c1-13-12-17(25)24(19(26)20-13)11-10-23-9-5-4-8-16(23)18-21-14-6-2-3-7-15(14)22-18/h2-3,6-7,12,16H,4-5,8-11H2,1H3,(H,20,26)(H,21,22). The van der Waals surface area contributed by atoms with E-state index in [9.17, 15) is 9.59 Å². The topological polar surface area (TPSA) is 86.8 Å². The molecule has 1 aliphatic heterocycles. The number of fused-ring (bicyclic) bond motifs is 1. The van der Waals surface area contributed by atoms with Crippen LogP contribution in [0.1, 0.15) is 36.8 Å². The predicted octanol–water partition coefficient (Wildman–Crippen LogP) is 1.95. The Morgan fingerprint density at radius 1 is 1.15 bits per heavy atom. The molecule has 0 aliphatic carbocycles. The lowest BCUT2D eigenvalue weighted by molar-refractivity contribution is 0.136. The second kappa shape index (κ2) is 6.92. The summed E-state index contributed by atoms with van der Waals surface area (Å²) in [5.41, 5.74) is 2.02. The first-order chi connectivity index (χ1) is 12.6. The first kappa shape index (κ1) is 16.8. The first-order valence-electron chi connectivity index (χ1n) is 9.11. The van der Waals surface area contributed by atoms with Crippen LogP contribution in [0.5, 0.6) is 0 Å². The van der Waals surface area contributed by atoms with Gasteiger partial charge in [0.15, 0.2) is 0 Å². The predicted molar refractivity (Wildman–Crippen MR) is 100 cm³/mol. The highest BCUT2D eigenvalue weighted by Gasteiger charge is 2.26. The van der Waals surface area contributed by atoms with Gasteiger partial charge in [0.25, 0.3) is 5.56 Å². The number of benzene rings is 1. The van der Waals surface area contributed by atoms with Crippen LogP contribution >= 0.6 is 0 Å². The van der Waals surface area contributed by atoms with E-state index in [2.05, 4.69) is 14.9 Å². The van der Waals surface area contributed by atoms with Crippen molar-refractivity contribution >= 4 is 11.0 Å². The zero-order valence-corrected chi connectivity index (χ0v) is 14.9. The van der Waals surface area contributed by atoms with Crippen LogP contribution in [-0.2, 0) is 6.54 Å². The molecule has 0 amide bonds. The van der Waals surface area contributed by atoms with Gasteiger partial charge in [-0.05, 0) is 38.4 Å². The number of hydrogen-bond acceptors (Lipinski definition) is 4. The highest BCUT2D eigenvalue weighted by atomic mass is 16.2. The Morgan fingerprint density at radius 2 is 2.00 bits per heavy atom. The molecular weight excluding hydrogens is 330 g/mol. The molecule has 2 N–H and O–H groups in total. The molecule has 136 valence electrons. The van der Waals surface area contributed by atoms with Crippen LogP contribution in [0.4, 0.5) is 0 Å². The summed E-state index contributed by atoms with van der Waals surface area (Å²) >= 11 is 0. The molecule has 0 spiro atoms. The van der Waals surface area contributed by atoms with Gasteiger partial charge < -0.3 is 9.97 Å². The highest BCUT2D eigenvalue weighted by Crippen LogP contribution is 2.30. The highest BCUT2D eigenvalue weighted by molar-refractivity contribution is 5.74. The lowest BCUT2D eigenvalue weighted by Crippen LogP contribution is -2.41. The molecule has 1 unspecified atom stereocenters. The van der Waals surface area contributed by atoms with Crippen LogP contribution in [0.2, 0.25) is 0 Å². The summed E-state index contributed by atoms with van der Waals surface area (Å²) in [6.45, 7) is 3.69. The van der Waals surface area contributed by atoms with Crippen LogP contribution < -0.4 is 11.2 Å². The van der Waals surface area contributed by atoms with Crippen molar-refractivity contribution in [2.24, 2.45) is 0 Å². The van der Waals surface area contributed by atoms with Crippen molar-refractivity contribution in [1.29, 1.82) is 0 Å². The largest absolute Gasteiger partial charge is 0.341 e. The Morgan fingerprint density at radius 3 is 2.81 bits per heavy atom. The zero-order valence-electron chi connectivity index (χ0n) is 14.9. The van der Waals surface area contributed by atoms with E-state index in [1.165, 1.54) is 10.6 Å². The van der Waals surface area contributed by atoms with Gasteiger partial charge in [-0.3, -0.25) is 14.3 Å². The van der Waals surface area contributed by atoms with Crippen LogP contribution in [0.15, 0.2) is 39.9 Å². The number of imidazole rings is 1. The number of para-hydroxylation sites is 2. The molecular formula is C19H23N5O2. The van der Waals surface area contributed by atoms with Crippen molar-refractivity contribution in [2.75, 3.05) is 13.1 Å². The summed E-state index contributed by atoms with van der Waals surface area (Å²) in [5, 5.41) is 0. The van der Waals surface area contributed by atoms with Crippen molar-refractivity contribution in [1.82, 2.24) is 24.4 Å². The van der Waals surface area contributed by atoms with Crippen molar-refractivity contribution in [3.8, 4) is 0 Å². The number of nitrogens with one attached hydrogen (secondary N) is 2. The van der Waals surface area contributed by atoms with E-state index >= 15 is 0 Å². The van der Waals surface area contributed by atoms with Gasteiger partial charge in [0.05, 0.1) is 17.1 Å². The third kappa shape index (κ3) is 3.22. The number of aromatic nitrogens is 4. The molecule has 7 nitrogen and oxygen atoms in total. The SMILES string of the molecule is Cc1cc(=O)n(CCN2CCCCC2c2nc3ccccc3[nH]2)c(=O)[nH]1. The molecule has 4 rings (SSSR count). The quantitative estimate of drug-likeness (QED) is 0.750. The van der Waals surface area contributed by atoms with Gasteiger partial charge in [0.2, 0.25) is 0 Å². The maximum Gasteiger partial charge on any atom is 0.328 e. The van der Waals surface area contributed by atoms with E-state index in [1.807, 2.05) is 24.3 Å². The molecule has 0 radical (unpaired) electrons. The van der Waals surface area contributed by atoms with Gasteiger partial charge in [-0.25, -0.2) is 9.78 Å². The third-order valence-electron chi connectivity index (χ3n) is 5.10. The van der Waals surface area contributed by atoms with Crippen molar-refractivity contribution in [3.63, 3.8) is 0 Å². The fourth-order valence-electron chi connectivity index (χ4n) is 3.77. The number of aryl methyl sites for hydroxylation is 1. The molecule has 1 aliphatic rings. The van der Waals surface area contributed by atoms with Crippen LogP contribution in [0.3, 0.4) is 0 Å². The van der Waals surface area contributed by atoms with E-state index in [-0.39, 0.29) is 17.3 Å². The molecule has 3 heterocycles. The number of nitrogens with zero attached hydrogens (tertiary/aromatic N) is 3. The Labute approximate surface area is 150 Å². The van der Waals surface area contributed by atoms with Gasteiger partial charge >= 0.3 is 5.69 Å². The molecule has 0 bridgehead atoms. The molecule has 7 heteroatoms. The van der Waals surface area contributed by atoms with Gasteiger partial charge in [0.1, 0.15) is 5.82 Å². The molecule has 1 atom stereocenters. The Bertz CT molecular complexity index is 968. The normalized spacial score (nSPS) is 18.4. The van der Waals surface area contributed by atoms with Gasteiger partial charge in [-0.15, -0.1) is 0 Å². The summed E-state index contributed by atoms with van der Waals surface area (Å²) in [6, 6.07) is 9.68. The molecule has 0 saturated carbocycles. The van der Waals surface area contributed by atoms with E-state index in [0.717, 1.165) is 42.7 Å². The minimum atomic E-state index is -0.340. The first-order valence-corrected chi connectivity index (χ1v) is 9.11. The van der Waals surface area contributed by atoms with Gasteiger partial charge in [-0.1, -0.05) is 18.6 Å². The molecule has 1 aromatic carbocycles. The molecule has 1 saturated heterocycles. The average Bonchev–Trinajstić information content (AvgIpc) is 3.05. The number of hydrogen-bond donors (Lipinski definition) is 2. The maximum absolute atomic E-state index is 12.1. The number of likely N-dealkylation sites (tertiary alicyclic amines) is 1. The number of aromatic amines is 2. The van der Waals surface area contributed by atoms with Gasteiger partial charge in [-0.2, -0.15) is 0 Å². The smallest absolute Gasteiger partial charge is 0.328 e. The fraction of sp³-hybridized carbons (Fsp3) is 0.421. The lowest BCUT2D eigenvalue weighted by atomic mass is 10.0. The second-order valence-corrected chi connectivity index (χ2v) is 6.93. The van der Waals surface area contributed by atoms with Crippen LogP contribution in [0, 0.1) is 6.92 Å². The summed E-state index contributed by atoms with van der Waals surface area (Å²) in [4.78, 5) is 37.4. The Kier molecular flexibility index (Phi) is 4.46. The number of piperidine rings is 1. The van der Waals surface area contributed by atoms with E-state index in [4.69, 9.17) is 4.98 Å². The average molecular weight is 353 g/mol. The summed E-state index contributed by atoms with van der Waals surface area (Å²) < 4.78 is 1.28. The summed E-state index contributed by atoms with van der Waals surface area (Å²) in [5.74, 6) is 0.969. The number of H-pyrrole nitrogens is 2. The Balaban J connectivity index is 1.56. The zero-order chi connectivity index (χ0) is 18.1. The van der Waals surface area contributed by atoms with Crippen LogP contribution in [0.25, 0.3) is 11.0 Å². The summed E-state index contributed by atoms with van der Waals surface area (Å²) in [7, 11) is 0. The lowest BCUT2D eigenvalue weighted by Gasteiger charge is -2.34. The van der Waals surface area contributed by atoms with Gasteiger partial charge in [0, 0.05) is 24.8 Å². The maximum atomic E-state index is 12.1. The van der Waals surface area contributed by atoms with Crippen LogP contribution in [-0.4, -0.2) is 37.5 Å². The molecule has 3 aromatic rings. The second-order valence-electron chi connectivity index (χ2n) is 6.93. The minimum absolute atomic E-state index is 0.191. The molecule has 2 aromatic heterocycles. The van der Waals surface area contributed by atoms with Crippen molar-refractivity contribution in [3.05, 3.63) is 62.7 Å². The third-order valence-corrected chi connectivity index (χ3v) is 5.10. The molecule has 1 fully saturated rings. The van der Waals surface area contributed by atoms with E-state index < -0.39 is 0 Å². The summed E-state index contributed by atoms with van der Waals surface area (Å²) in [6.07, 6.45) is 3.30. The van der Waals surface area contributed by atoms with Crippen molar-refractivity contribution < 1.29 is 0 Å². The monoisotopic (exact) mass is 353 g/mol. The Hall–Kier alpha value is -2.67. The number of rotatable bonds is 4. The van der Waals surface area contributed by atoms with E-state index in [1.54, 1.807) is 6.92 Å². The minimum Gasteiger partial charge on any atom is -0.341 e. The van der Waals surface area contributed by atoms with E-state index in [0.29, 0.717) is 18.8 Å². The van der Waals surface area contributed by atoms with Crippen molar-refractivity contribution in [2.45, 2.75) is 38.8 Å².